The Labute approximate surface area is 182 Å². The molecule has 2 aromatic heterocycles. The van der Waals surface area contributed by atoms with E-state index < -0.39 is 12.7 Å². The maximum absolute atomic E-state index is 13.5. The Kier molecular flexibility index (Phi) is 5.09. The van der Waals surface area contributed by atoms with E-state index in [0.717, 1.165) is 11.1 Å². The van der Waals surface area contributed by atoms with Crippen LogP contribution in [0, 0.1) is 13.8 Å². The number of pyridine rings is 1. The number of hydrogen-bond acceptors (Lipinski definition) is 6. The van der Waals surface area contributed by atoms with Crippen LogP contribution in [0.4, 0.5) is 8.78 Å². The number of aryl methyl sites for hydroxylation is 1. The van der Waals surface area contributed by atoms with Crippen LogP contribution < -0.4 is 4.74 Å². The summed E-state index contributed by atoms with van der Waals surface area (Å²) in [7, 11) is 0. The van der Waals surface area contributed by atoms with Crippen LogP contribution in [-0.2, 0) is 11.3 Å². The van der Waals surface area contributed by atoms with E-state index in [0.29, 0.717) is 42.7 Å². The Morgan fingerprint density at radius 2 is 2.06 bits per heavy atom. The molecule has 3 aromatic rings. The maximum Gasteiger partial charge on any atom is 0.387 e. The molecule has 2 aliphatic heterocycles. The van der Waals surface area contributed by atoms with Crippen LogP contribution in [0.25, 0.3) is 11.5 Å². The smallest absolute Gasteiger partial charge is 0.387 e. The quantitative estimate of drug-likeness (QED) is 0.619. The van der Waals surface area contributed by atoms with Gasteiger partial charge in [-0.3, -0.25) is 9.78 Å². The van der Waals surface area contributed by atoms with E-state index in [9.17, 15) is 13.6 Å². The van der Waals surface area contributed by atoms with Crippen molar-refractivity contribution >= 4 is 5.91 Å². The van der Waals surface area contributed by atoms with Crippen LogP contribution in [-0.4, -0.2) is 56.4 Å². The fourth-order valence-corrected chi connectivity index (χ4v) is 4.35. The first-order valence-corrected chi connectivity index (χ1v) is 10.2. The molecule has 0 aliphatic carbocycles. The van der Waals surface area contributed by atoms with E-state index in [1.54, 1.807) is 0 Å². The summed E-state index contributed by atoms with van der Waals surface area (Å²) in [5, 5.41) is 8.58. The van der Waals surface area contributed by atoms with Gasteiger partial charge in [0.1, 0.15) is 17.5 Å². The molecule has 0 unspecified atom stereocenters. The third-order valence-corrected chi connectivity index (χ3v) is 6.04. The average Bonchev–Trinajstić information content (AvgIpc) is 3.18. The van der Waals surface area contributed by atoms with Gasteiger partial charge >= 0.3 is 6.61 Å². The second-order valence-electron chi connectivity index (χ2n) is 7.91. The SMILES string of the molecule is Cc1cccc(C(=O)N2[C@H]3COC[C@@H]2c2nnc(-c4cc(OC(F)F)ccn4)n2C3)c1C. The molecule has 8 nitrogen and oxygen atoms in total. The Bertz CT molecular complexity index is 1180. The molecular formula is C22H21F2N5O3. The molecule has 1 amide bonds. The molecule has 1 aromatic carbocycles. The summed E-state index contributed by atoms with van der Waals surface area (Å²) >= 11 is 0. The van der Waals surface area contributed by atoms with Crippen molar-refractivity contribution < 1.29 is 23.0 Å². The van der Waals surface area contributed by atoms with Crippen molar-refractivity contribution in [3.8, 4) is 17.3 Å². The fraction of sp³-hybridized carbons (Fsp3) is 0.364. The van der Waals surface area contributed by atoms with Gasteiger partial charge in [0.25, 0.3) is 5.91 Å². The largest absolute Gasteiger partial charge is 0.435 e. The highest BCUT2D eigenvalue weighted by atomic mass is 19.3. The van der Waals surface area contributed by atoms with E-state index in [-0.39, 0.29) is 17.7 Å². The molecule has 2 aliphatic rings. The normalized spacial score (nSPS) is 19.7. The van der Waals surface area contributed by atoms with Gasteiger partial charge < -0.3 is 18.9 Å². The number of rotatable bonds is 4. The van der Waals surface area contributed by atoms with Crippen molar-refractivity contribution in [2.45, 2.75) is 39.1 Å². The molecule has 1 fully saturated rings. The summed E-state index contributed by atoms with van der Waals surface area (Å²) in [6.07, 6.45) is 1.39. The number of amides is 1. The summed E-state index contributed by atoms with van der Waals surface area (Å²) in [4.78, 5) is 19.6. The Morgan fingerprint density at radius 3 is 2.88 bits per heavy atom. The number of carbonyl (C=O) groups is 1. The first kappa shape index (κ1) is 20.5. The number of carbonyl (C=O) groups excluding carboxylic acids is 1. The number of halogens is 2. The molecular weight excluding hydrogens is 420 g/mol. The highest BCUT2D eigenvalue weighted by Gasteiger charge is 2.44. The number of morpholine rings is 1. The van der Waals surface area contributed by atoms with Crippen molar-refractivity contribution in [1.29, 1.82) is 0 Å². The van der Waals surface area contributed by atoms with E-state index in [1.807, 2.05) is 41.5 Å². The van der Waals surface area contributed by atoms with Crippen molar-refractivity contribution in [3.05, 3.63) is 59.0 Å². The summed E-state index contributed by atoms with van der Waals surface area (Å²) in [6, 6.07) is 7.84. The lowest BCUT2D eigenvalue weighted by atomic mass is 9.98. The molecule has 4 heterocycles. The van der Waals surface area contributed by atoms with Crippen molar-refractivity contribution in [2.75, 3.05) is 13.2 Å². The lowest BCUT2D eigenvalue weighted by Gasteiger charge is -2.45. The van der Waals surface area contributed by atoms with Gasteiger partial charge in [0, 0.05) is 24.4 Å². The van der Waals surface area contributed by atoms with Crippen LogP contribution in [0.15, 0.2) is 36.5 Å². The number of nitrogens with zero attached hydrogens (tertiary/aromatic N) is 5. The number of alkyl halides is 2. The minimum absolute atomic E-state index is 0.00610. The van der Waals surface area contributed by atoms with E-state index in [2.05, 4.69) is 19.9 Å². The second kappa shape index (κ2) is 7.94. The summed E-state index contributed by atoms with van der Waals surface area (Å²) in [5.41, 5.74) is 3.03. The number of hydrogen-bond donors (Lipinski definition) is 0. The highest BCUT2D eigenvalue weighted by molar-refractivity contribution is 5.96. The number of benzene rings is 1. The van der Waals surface area contributed by atoms with Crippen LogP contribution >= 0.6 is 0 Å². The molecule has 0 spiro atoms. The summed E-state index contributed by atoms with van der Waals surface area (Å²) < 4.78 is 37.3. The highest BCUT2D eigenvalue weighted by Crippen LogP contribution is 2.36. The van der Waals surface area contributed by atoms with Crippen molar-refractivity contribution in [3.63, 3.8) is 0 Å². The van der Waals surface area contributed by atoms with Gasteiger partial charge in [-0.05, 0) is 37.1 Å². The predicted molar refractivity (Wildman–Crippen MR) is 109 cm³/mol. The van der Waals surface area contributed by atoms with Gasteiger partial charge in [0.2, 0.25) is 0 Å². The minimum Gasteiger partial charge on any atom is -0.435 e. The lowest BCUT2D eigenvalue weighted by molar-refractivity contribution is -0.0569. The topological polar surface area (TPSA) is 82.4 Å². The van der Waals surface area contributed by atoms with Gasteiger partial charge in [-0.15, -0.1) is 10.2 Å². The minimum atomic E-state index is -2.93. The first-order valence-electron chi connectivity index (χ1n) is 10.2. The summed E-state index contributed by atoms with van der Waals surface area (Å²) in [5.74, 6) is 0.950. The van der Waals surface area contributed by atoms with Crippen LogP contribution in [0.1, 0.15) is 33.4 Å². The molecule has 1 saturated heterocycles. The van der Waals surface area contributed by atoms with Gasteiger partial charge in [0.15, 0.2) is 11.6 Å². The molecule has 0 radical (unpaired) electrons. The van der Waals surface area contributed by atoms with Crippen molar-refractivity contribution in [2.24, 2.45) is 0 Å². The van der Waals surface area contributed by atoms with Crippen LogP contribution in [0.5, 0.6) is 5.75 Å². The Balaban J connectivity index is 1.51. The Morgan fingerprint density at radius 1 is 1.22 bits per heavy atom. The van der Waals surface area contributed by atoms with Gasteiger partial charge in [-0.2, -0.15) is 8.78 Å². The van der Waals surface area contributed by atoms with E-state index in [1.165, 1.54) is 18.3 Å². The third kappa shape index (κ3) is 3.40. The lowest BCUT2D eigenvalue weighted by Crippen LogP contribution is -2.56. The first-order chi connectivity index (χ1) is 15.4. The molecule has 166 valence electrons. The maximum atomic E-state index is 13.5. The summed E-state index contributed by atoms with van der Waals surface area (Å²) in [6.45, 7) is 2.08. The number of fused-ring (bicyclic) bond motifs is 4. The molecule has 0 saturated carbocycles. The molecule has 5 rings (SSSR count). The Hall–Kier alpha value is -3.40. The molecule has 2 atom stereocenters. The molecule has 32 heavy (non-hydrogen) atoms. The van der Waals surface area contributed by atoms with Gasteiger partial charge in [-0.1, -0.05) is 12.1 Å². The molecule has 2 bridgehead atoms. The predicted octanol–water partition coefficient (Wildman–Crippen LogP) is 3.15. The van der Waals surface area contributed by atoms with E-state index in [4.69, 9.17) is 4.74 Å². The third-order valence-electron chi connectivity index (χ3n) is 6.04. The van der Waals surface area contributed by atoms with Gasteiger partial charge in [0.05, 0.1) is 19.3 Å². The van der Waals surface area contributed by atoms with Gasteiger partial charge in [-0.25, -0.2) is 0 Å². The van der Waals surface area contributed by atoms with Crippen LogP contribution in [0.2, 0.25) is 0 Å². The number of ether oxygens (including phenoxy) is 2. The monoisotopic (exact) mass is 441 g/mol. The fourth-order valence-electron chi connectivity index (χ4n) is 4.35. The standard InChI is InChI=1S/C22H21F2N5O3/c1-12-4-3-5-16(13(12)2)21(30)29-14-9-28-19(26-27-20(28)18(29)11-31-10-14)17-8-15(6-7-25-17)32-22(23)24/h3-8,14,18,22H,9-11H2,1-2H3/t14-,18-/m1/s1. The zero-order chi connectivity index (χ0) is 22.4. The average molecular weight is 441 g/mol. The van der Waals surface area contributed by atoms with Crippen molar-refractivity contribution in [1.82, 2.24) is 24.6 Å². The zero-order valence-electron chi connectivity index (χ0n) is 17.5. The second-order valence-corrected chi connectivity index (χ2v) is 7.91. The molecule has 0 N–H and O–H groups in total. The van der Waals surface area contributed by atoms with E-state index >= 15 is 0 Å². The van der Waals surface area contributed by atoms with Crippen LogP contribution in [0.3, 0.4) is 0 Å². The zero-order valence-corrected chi connectivity index (χ0v) is 17.5. The molecule has 10 heteroatoms. The number of aromatic nitrogens is 4.